The van der Waals surface area contributed by atoms with Gasteiger partial charge in [-0.3, -0.25) is 9.59 Å². The summed E-state index contributed by atoms with van der Waals surface area (Å²) in [6.07, 6.45) is 4.14. The van der Waals surface area contributed by atoms with Gasteiger partial charge in [-0.15, -0.1) is 0 Å². The van der Waals surface area contributed by atoms with Crippen LogP contribution in [0.3, 0.4) is 0 Å². The number of fused-ring (bicyclic) bond motifs is 2. The molecule has 24 heavy (non-hydrogen) atoms. The lowest BCUT2D eigenvalue weighted by molar-refractivity contribution is -0.144. The van der Waals surface area contributed by atoms with E-state index in [-0.39, 0.29) is 17.7 Å². The SMILES string of the molecule is O=C1[C@@H]2CCC[C@](Cc3ccccc3)(C2)C(=O)N1c1ccccc1. The van der Waals surface area contributed by atoms with Crippen molar-refractivity contribution < 1.29 is 9.59 Å². The Hall–Kier alpha value is -2.42. The summed E-state index contributed by atoms with van der Waals surface area (Å²) in [6, 6.07) is 19.5. The first kappa shape index (κ1) is 15.1. The smallest absolute Gasteiger partial charge is 0.240 e. The summed E-state index contributed by atoms with van der Waals surface area (Å²) in [5.74, 6) is -0.0616. The molecule has 1 heterocycles. The highest BCUT2D eigenvalue weighted by Gasteiger charge is 2.53. The second-order valence-electron chi connectivity index (χ2n) is 7.05. The van der Waals surface area contributed by atoms with Crippen LogP contribution in [0.5, 0.6) is 0 Å². The zero-order valence-electron chi connectivity index (χ0n) is 13.7. The summed E-state index contributed by atoms with van der Waals surface area (Å²) in [7, 11) is 0. The highest BCUT2D eigenvalue weighted by Crippen LogP contribution is 2.48. The molecule has 2 bridgehead atoms. The van der Waals surface area contributed by atoms with Crippen molar-refractivity contribution in [2.75, 3.05) is 4.90 Å². The molecule has 2 aliphatic rings. The van der Waals surface area contributed by atoms with Gasteiger partial charge in [-0.05, 0) is 43.4 Å². The molecule has 2 aromatic carbocycles. The molecule has 1 saturated heterocycles. The van der Waals surface area contributed by atoms with Crippen LogP contribution in [0.2, 0.25) is 0 Å². The fourth-order valence-corrected chi connectivity index (χ4v) is 4.33. The Kier molecular flexibility index (Phi) is 3.72. The van der Waals surface area contributed by atoms with Crippen LogP contribution in [0.25, 0.3) is 0 Å². The average molecular weight is 319 g/mol. The van der Waals surface area contributed by atoms with Gasteiger partial charge in [0.2, 0.25) is 11.8 Å². The predicted octanol–water partition coefficient (Wildman–Crippen LogP) is 3.98. The Labute approximate surface area is 142 Å². The average Bonchev–Trinajstić information content (AvgIpc) is 2.63. The number of hydrogen-bond acceptors (Lipinski definition) is 2. The molecule has 4 rings (SSSR count). The maximum atomic E-state index is 13.4. The van der Waals surface area contributed by atoms with E-state index in [0.717, 1.165) is 25.7 Å². The molecule has 3 heteroatoms. The number of carbonyl (C=O) groups excluding carboxylic acids is 2. The van der Waals surface area contributed by atoms with Gasteiger partial charge in [-0.25, -0.2) is 4.90 Å². The number of anilines is 1. The van der Waals surface area contributed by atoms with E-state index in [0.29, 0.717) is 12.1 Å². The van der Waals surface area contributed by atoms with Crippen molar-refractivity contribution in [3.8, 4) is 0 Å². The van der Waals surface area contributed by atoms with Gasteiger partial charge in [0.05, 0.1) is 11.1 Å². The summed E-state index contributed by atoms with van der Waals surface area (Å²) in [5.41, 5.74) is 1.44. The number of nitrogens with zero attached hydrogens (tertiary/aromatic N) is 1. The van der Waals surface area contributed by atoms with Gasteiger partial charge in [0.15, 0.2) is 0 Å². The van der Waals surface area contributed by atoms with Crippen LogP contribution < -0.4 is 4.90 Å². The molecule has 0 spiro atoms. The zero-order chi connectivity index (χ0) is 16.6. The van der Waals surface area contributed by atoms with Crippen molar-refractivity contribution in [3.05, 3.63) is 66.2 Å². The van der Waals surface area contributed by atoms with Crippen molar-refractivity contribution in [2.45, 2.75) is 32.1 Å². The minimum absolute atomic E-state index is 0.0153. The maximum Gasteiger partial charge on any atom is 0.240 e. The maximum absolute atomic E-state index is 13.4. The standard InChI is InChI=1S/C21H21NO2/c23-19-17-10-7-13-21(15-17,14-16-8-3-1-4-9-16)20(24)22(19)18-11-5-2-6-12-18/h1-6,8-9,11-12,17H,7,10,13-15H2/t17-,21+/m1/s1. The number of piperidine rings is 1. The predicted molar refractivity (Wildman–Crippen MR) is 93.5 cm³/mol. The molecular formula is C21H21NO2. The number of para-hydroxylation sites is 1. The van der Waals surface area contributed by atoms with E-state index >= 15 is 0 Å². The third kappa shape index (κ3) is 2.44. The van der Waals surface area contributed by atoms with Gasteiger partial charge in [0, 0.05) is 5.92 Å². The van der Waals surface area contributed by atoms with Crippen molar-refractivity contribution >= 4 is 17.5 Å². The molecular weight excluding hydrogens is 298 g/mol. The Morgan fingerprint density at radius 2 is 1.62 bits per heavy atom. The number of amides is 2. The van der Waals surface area contributed by atoms with Crippen LogP contribution in [-0.2, 0) is 16.0 Å². The Morgan fingerprint density at radius 1 is 0.958 bits per heavy atom. The van der Waals surface area contributed by atoms with Crippen molar-refractivity contribution in [3.63, 3.8) is 0 Å². The summed E-state index contributed by atoms with van der Waals surface area (Å²) >= 11 is 0. The molecule has 1 aliphatic heterocycles. The summed E-state index contributed by atoms with van der Waals surface area (Å²) in [6.45, 7) is 0. The van der Waals surface area contributed by atoms with Crippen LogP contribution in [0.4, 0.5) is 5.69 Å². The highest BCUT2D eigenvalue weighted by molar-refractivity contribution is 6.19. The number of hydrogen-bond donors (Lipinski definition) is 0. The third-order valence-corrected chi connectivity index (χ3v) is 5.47. The zero-order valence-corrected chi connectivity index (χ0v) is 13.7. The molecule has 2 fully saturated rings. The first-order valence-electron chi connectivity index (χ1n) is 8.67. The van der Waals surface area contributed by atoms with Crippen molar-refractivity contribution in [2.24, 2.45) is 11.3 Å². The minimum Gasteiger partial charge on any atom is -0.274 e. The Morgan fingerprint density at radius 3 is 2.33 bits per heavy atom. The molecule has 122 valence electrons. The van der Waals surface area contributed by atoms with Gasteiger partial charge < -0.3 is 0 Å². The van der Waals surface area contributed by atoms with Gasteiger partial charge in [-0.1, -0.05) is 55.0 Å². The second kappa shape index (κ2) is 5.90. The summed E-state index contributed by atoms with van der Waals surface area (Å²) in [5, 5.41) is 0. The number of imide groups is 1. The lowest BCUT2D eigenvalue weighted by Gasteiger charge is -2.47. The van der Waals surface area contributed by atoms with E-state index in [1.54, 1.807) is 0 Å². The molecule has 2 amide bonds. The van der Waals surface area contributed by atoms with Crippen LogP contribution >= 0.6 is 0 Å². The first-order valence-corrected chi connectivity index (χ1v) is 8.67. The van der Waals surface area contributed by atoms with E-state index in [2.05, 4.69) is 12.1 Å². The molecule has 0 radical (unpaired) electrons. The van der Waals surface area contributed by atoms with E-state index in [4.69, 9.17) is 0 Å². The van der Waals surface area contributed by atoms with Gasteiger partial charge in [0.1, 0.15) is 0 Å². The van der Waals surface area contributed by atoms with Crippen molar-refractivity contribution in [1.82, 2.24) is 0 Å². The van der Waals surface area contributed by atoms with E-state index in [1.807, 2.05) is 48.5 Å². The lowest BCUT2D eigenvalue weighted by Crippen LogP contribution is -2.58. The quantitative estimate of drug-likeness (QED) is 0.803. The van der Waals surface area contributed by atoms with E-state index < -0.39 is 5.41 Å². The molecule has 1 saturated carbocycles. The molecule has 0 unspecified atom stereocenters. The van der Waals surface area contributed by atoms with Crippen LogP contribution in [0, 0.1) is 11.3 Å². The largest absolute Gasteiger partial charge is 0.274 e. The first-order chi connectivity index (χ1) is 11.7. The molecule has 2 atom stereocenters. The Balaban J connectivity index is 1.73. The van der Waals surface area contributed by atoms with E-state index in [9.17, 15) is 9.59 Å². The number of carbonyl (C=O) groups is 2. The fraction of sp³-hybridized carbons (Fsp3) is 0.333. The second-order valence-corrected chi connectivity index (χ2v) is 7.05. The Bertz CT molecular complexity index is 756. The highest BCUT2D eigenvalue weighted by atomic mass is 16.2. The lowest BCUT2D eigenvalue weighted by atomic mass is 9.63. The van der Waals surface area contributed by atoms with Gasteiger partial charge in [-0.2, -0.15) is 0 Å². The molecule has 1 aliphatic carbocycles. The van der Waals surface area contributed by atoms with Crippen LogP contribution in [-0.4, -0.2) is 11.8 Å². The topological polar surface area (TPSA) is 37.4 Å². The fourth-order valence-electron chi connectivity index (χ4n) is 4.33. The summed E-state index contributed by atoms with van der Waals surface area (Å²) < 4.78 is 0. The van der Waals surface area contributed by atoms with Crippen LogP contribution in [0.1, 0.15) is 31.2 Å². The van der Waals surface area contributed by atoms with Crippen LogP contribution in [0.15, 0.2) is 60.7 Å². The number of benzene rings is 2. The van der Waals surface area contributed by atoms with E-state index in [1.165, 1.54) is 10.5 Å². The molecule has 0 N–H and O–H groups in total. The van der Waals surface area contributed by atoms with Crippen molar-refractivity contribution in [1.29, 1.82) is 0 Å². The van der Waals surface area contributed by atoms with Gasteiger partial charge in [0.25, 0.3) is 0 Å². The molecule has 3 nitrogen and oxygen atoms in total. The molecule has 2 aromatic rings. The number of rotatable bonds is 3. The molecule has 0 aromatic heterocycles. The monoisotopic (exact) mass is 319 g/mol. The third-order valence-electron chi connectivity index (χ3n) is 5.47. The minimum atomic E-state index is -0.436. The summed E-state index contributed by atoms with van der Waals surface area (Å²) in [4.78, 5) is 27.7. The normalized spacial score (nSPS) is 26.5. The van der Waals surface area contributed by atoms with Gasteiger partial charge >= 0.3 is 0 Å².